The molecule has 2 rings (SSSR count). The van der Waals surface area contributed by atoms with Crippen molar-refractivity contribution in [2.45, 2.75) is 33.7 Å². The Kier molecular flexibility index (Phi) is 5.17. The molecule has 0 atom stereocenters. The van der Waals surface area contributed by atoms with Crippen molar-refractivity contribution in [1.82, 2.24) is 19.9 Å². The Morgan fingerprint density at radius 2 is 2.24 bits per heavy atom. The molecule has 2 heterocycles. The van der Waals surface area contributed by atoms with Crippen LogP contribution in [0.4, 0.5) is 0 Å². The number of aromatic nitrogens is 3. The van der Waals surface area contributed by atoms with Crippen LogP contribution in [0.15, 0.2) is 12.3 Å². The number of pyridine rings is 1. The average Bonchev–Trinajstić information content (AvgIpc) is 2.77. The lowest BCUT2D eigenvalue weighted by molar-refractivity contribution is -0.121. The second-order valence-corrected chi connectivity index (χ2v) is 5.93. The van der Waals surface area contributed by atoms with Crippen LogP contribution in [-0.2, 0) is 17.8 Å². The van der Waals surface area contributed by atoms with Crippen LogP contribution in [-0.4, -0.2) is 32.9 Å². The van der Waals surface area contributed by atoms with Gasteiger partial charge >= 0.3 is 0 Å². The van der Waals surface area contributed by atoms with Crippen molar-refractivity contribution in [3.63, 3.8) is 0 Å². The molecule has 0 aromatic carbocycles. The molecule has 0 unspecified atom stereocenters. The van der Waals surface area contributed by atoms with Gasteiger partial charge in [0, 0.05) is 25.0 Å². The Bertz CT molecular complexity index is 636. The summed E-state index contributed by atoms with van der Waals surface area (Å²) in [6, 6.07) is 1.92. The zero-order valence-electron chi connectivity index (χ0n) is 12.7. The van der Waals surface area contributed by atoms with Crippen LogP contribution in [0.5, 0.6) is 0 Å². The zero-order chi connectivity index (χ0) is 15.4. The minimum absolute atomic E-state index is 0.0258. The van der Waals surface area contributed by atoms with Gasteiger partial charge in [0.05, 0.1) is 0 Å². The normalized spacial score (nSPS) is 11.3. The quantitative estimate of drug-likeness (QED) is 0.833. The van der Waals surface area contributed by atoms with Crippen LogP contribution in [0.3, 0.4) is 0 Å². The van der Waals surface area contributed by atoms with E-state index >= 15 is 0 Å². The molecule has 1 amide bonds. The van der Waals surface area contributed by atoms with Gasteiger partial charge in [0.25, 0.3) is 0 Å². The lowest BCUT2D eigenvalue weighted by atomic mass is 10.2. The smallest absolute Gasteiger partial charge is 0.240 e. The van der Waals surface area contributed by atoms with Gasteiger partial charge in [-0.05, 0) is 24.5 Å². The van der Waals surface area contributed by atoms with Crippen molar-refractivity contribution < 1.29 is 4.79 Å². The predicted molar refractivity (Wildman–Crippen MR) is 84.5 cm³/mol. The summed E-state index contributed by atoms with van der Waals surface area (Å²) >= 11 is 5.84. The summed E-state index contributed by atoms with van der Waals surface area (Å²) in [6.45, 7) is 7.02. The highest BCUT2D eigenvalue weighted by atomic mass is 35.5. The van der Waals surface area contributed by atoms with Gasteiger partial charge in [-0.1, -0.05) is 13.8 Å². The maximum Gasteiger partial charge on any atom is 0.240 e. The summed E-state index contributed by atoms with van der Waals surface area (Å²) < 4.78 is 1.86. The molecule has 2 aromatic heterocycles. The van der Waals surface area contributed by atoms with E-state index in [4.69, 9.17) is 11.6 Å². The molecule has 0 radical (unpaired) electrons. The van der Waals surface area contributed by atoms with E-state index in [0.29, 0.717) is 24.8 Å². The number of rotatable bonds is 6. The Morgan fingerprint density at radius 3 is 2.90 bits per heavy atom. The first-order valence-electron chi connectivity index (χ1n) is 7.16. The summed E-state index contributed by atoms with van der Waals surface area (Å²) in [7, 11) is 0. The summed E-state index contributed by atoms with van der Waals surface area (Å²) in [6.07, 6.45) is 2.36. The first-order chi connectivity index (χ1) is 10.0. The van der Waals surface area contributed by atoms with Gasteiger partial charge in [-0.25, -0.2) is 9.97 Å². The van der Waals surface area contributed by atoms with E-state index in [-0.39, 0.29) is 12.5 Å². The number of fused-ring (bicyclic) bond motifs is 1. The van der Waals surface area contributed by atoms with E-state index < -0.39 is 0 Å². The number of alkyl halides is 1. The van der Waals surface area contributed by atoms with E-state index in [1.807, 2.05) is 17.6 Å². The molecule has 0 aliphatic rings. The molecule has 0 spiro atoms. The van der Waals surface area contributed by atoms with E-state index in [0.717, 1.165) is 22.6 Å². The maximum atomic E-state index is 12.1. The van der Waals surface area contributed by atoms with Crippen molar-refractivity contribution in [3.05, 3.63) is 23.7 Å². The zero-order valence-corrected chi connectivity index (χ0v) is 13.4. The molecule has 0 bridgehead atoms. The van der Waals surface area contributed by atoms with E-state index in [1.54, 1.807) is 6.20 Å². The number of carbonyl (C=O) groups excluding carboxylic acids is 1. The van der Waals surface area contributed by atoms with Gasteiger partial charge in [-0.15, -0.1) is 11.6 Å². The standard InChI is InChI=1S/C15H21ClN4O/c1-10(2)8-18-13(21)9-20-12(4-6-16)19-14-11(3)5-7-17-15(14)20/h5,7,10H,4,6,8-9H2,1-3H3,(H,18,21). The number of hydrogen-bond donors (Lipinski definition) is 1. The summed E-state index contributed by atoms with van der Waals surface area (Å²) in [5.41, 5.74) is 2.64. The first-order valence-corrected chi connectivity index (χ1v) is 7.69. The number of amides is 1. The Balaban J connectivity index is 2.30. The number of halogens is 1. The molecule has 21 heavy (non-hydrogen) atoms. The molecule has 114 valence electrons. The minimum atomic E-state index is -0.0258. The Labute approximate surface area is 129 Å². The Morgan fingerprint density at radius 1 is 1.48 bits per heavy atom. The summed E-state index contributed by atoms with van der Waals surface area (Å²) in [5.74, 6) is 1.68. The molecular formula is C15H21ClN4O. The molecular weight excluding hydrogens is 288 g/mol. The third kappa shape index (κ3) is 3.73. The summed E-state index contributed by atoms with van der Waals surface area (Å²) in [5, 5.41) is 2.92. The van der Waals surface area contributed by atoms with E-state index in [1.165, 1.54) is 0 Å². The van der Waals surface area contributed by atoms with Crippen LogP contribution in [0.1, 0.15) is 25.2 Å². The molecule has 2 aromatic rings. The molecule has 0 saturated heterocycles. The van der Waals surface area contributed by atoms with E-state index in [9.17, 15) is 4.79 Å². The van der Waals surface area contributed by atoms with Crippen molar-refractivity contribution in [2.24, 2.45) is 5.92 Å². The van der Waals surface area contributed by atoms with Crippen molar-refractivity contribution in [2.75, 3.05) is 12.4 Å². The van der Waals surface area contributed by atoms with E-state index in [2.05, 4.69) is 29.1 Å². The Hall–Kier alpha value is -1.62. The van der Waals surface area contributed by atoms with Gasteiger partial charge < -0.3 is 9.88 Å². The minimum Gasteiger partial charge on any atom is -0.354 e. The maximum absolute atomic E-state index is 12.1. The number of nitrogens with one attached hydrogen (secondary N) is 1. The second kappa shape index (κ2) is 6.89. The fourth-order valence-corrected chi connectivity index (χ4v) is 2.31. The molecule has 6 heteroatoms. The van der Waals surface area contributed by atoms with Crippen molar-refractivity contribution in [1.29, 1.82) is 0 Å². The third-order valence-electron chi connectivity index (χ3n) is 3.24. The highest BCUT2D eigenvalue weighted by Crippen LogP contribution is 2.18. The average molecular weight is 309 g/mol. The largest absolute Gasteiger partial charge is 0.354 e. The molecule has 5 nitrogen and oxygen atoms in total. The van der Waals surface area contributed by atoms with Gasteiger partial charge in [-0.2, -0.15) is 0 Å². The summed E-state index contributed by atoms with van der Waals surface area (Å²) in [4.78, 5) is 21.0. The van der Waals surface area contributed by atoms with Crippen LogP contribution in [0, 0.1) is 12.8 Å². The number of hydrogen-bond acceptors (Lipinski definition) is 3. The molecule has 0 aliphatic carbocycles. The molecule has 0 aliphatic heterocycles. The van der Waals surface area contributed by atoms with Gasteiger partial charge in [0.1, 0.15) is 17.9 Å². The van der Waals surface area contributed by atoms with Crippen molar-refractivity contribution in [3.8, 4) is 0 Å². The van der Waals surface area contributed by atoms with Gasteiger partial charge in [0.15, 0.2) is 5.65 Å². The fourth-order valence-electron chi connectivity index (χ4n) is 2.14. The lowest BCUT2D eigenvalue weighted by Gasteiger charge is -2.10. The monoisotopic (exact) mass is 308 g/mol. The molecule has 1 N–H and O–H groups in total. The highest BCUT2D eigenvalue weighted by Gasteiger charge is 2.15. The van der Waals surface area contributed by atoms with Gasteiger partial charge in [-0.3, -0.25) is 4.79 Å². The first kappa shape index (κ1) is 15.8. The van der Waals surface area contributed by atoms with Crippen LogP contribution in [0.2, 0.25) is 0 Å². The topological polar surface area (TPSA) is 59.8 Å². The number of carbonyl (C=O) groups is 1. The number of imidazole rings is 1. The molecule has 0 saturated carbocycles. The lowest BCUT2D eigenvalue weighted by Crippen LogP contribution is -2.31. The van der Waals surface area contributed by atoms with Gasteiger partial charge in [0.2, 0.25) is 5.91 Å². The number of nitrogens with zero attached hydrogens (tertiary/aromatic N) is 3. The predicted octanol–water partition coefficient (Wildman–Crippen LogP) is 2.29. The highest BCUT2D eigenvalue weighted by molar-refractivity contribution is 6.17. The van der Waals surface area contributed by atoms with Crippen LogP contribution in [0.25, 0.3) is 11.2 Å². The van der Waals surface area contributed by atoms with Crippen LogP contribution >= 0.6 is 11.6 Å². The van der Waals surface area contributed by atoms with Crippen LogP contribution < -0.4 is 5.32 Å². The number of aryl methyl sites for hydroxylation is 2. The third-order valence-corrected chi connectivity index (χ3v) is 3.43. The second-order valence-electron chi connectivity index (χ2n) is 5.55. The SMILES string of the molecule is Cc1ccnc2c1nc(CCCl)n2CC(=O)NCC(C)C. The fraction of sp³-hybridized carbons (Fsp3) is 0.533. The molecule has 0 fully saturated rings. The van der Waals surface area contributed by atoms with Crippen molar-refractivity contribution >= 4 is 28.7 Å².